The first-order valence-electron chi connectivity index (χ1n) is 6.85. The van der Waals surface area contributed by atoms with E-state index in [-0.39, 0.29) is 24.5 Å². The molecule has 5 nitrogen and oxygen atoms in total. The van der Waals surface area contributed by atoms with Crippen molar-refractivity contribution in [2.45, 2.75) is 19.9 Å². The zero-order valence-electron chi connectivity index (χ0n) is 12.4. The maximum absolute atomic E-state index is 12.2. The molecule has 1 aromatic carbocycles. The zero-order valence-corrected chi connectivity index (χ0v) is 12.4. The second kappa shape index (κ2) is 6.43. The summed E-state index contributed by atoms with van der Waals surface area (Å²) in [5.74, 6) is 0.559. The average molecular weight is 289 g/mol. The molecule has 0 bridgehead atoms. The number of carbonyl (C=O) groups is 2. The van der Waals surface area contributed by atoms with E-state index in [1.165, 1.54) is 11.0 Å². The van der Waals surface area contributed by atoms with Gasteiger partial charge in [0.25, 0.3) is 5.91 Å². The van der Waals surface area contributed by atoms with Crippen molar-refractivity contribution < 1.29 is 19.1 Å². The molecule has 21 heavy (non-hydrogen) atoms. The number of hydrogen-bond donors (Lipinski definition) is 0. The highest BCUT2D eigenvalue weighted by molar-refractivity contribution is 6.02. The van der Waals surface area contributed by atoms with Crippen LogP contribution in [0, 0.1) is 5.92 Å². The summed E-state index contributed by atoms with van der Waals surface area (Å²) >= 11 is 0. The third-order valence-corrected chi connectivity index (χ3v) is 3.45. The first kappa shape index (κ1) is 15.1. The minimum Gasteiger partial charge on any atom is -0.497 e. The van der Waals surface area contributed by atoms with Gasteiger partial charge in [0.15, 0.2) is 0 Å². The van der Waals surface area contributed by atoms with Crippen LogP contribution in [-0.2, 0) is 9.53 Å². The predicted molar refractivity (Wildman–Crippen MR) is 78.8 cm³/mol. The average Bonchev–Trinajstić information content (AvgIpc) is 2.87. The van der Waals surface area contributed by atoms with Gasteiger partial charge in [-0.25, -0.2) is 9.69 Å². The van der Waals surface area contributed by atoms with Crippen LogP contribution in [0.4, 0.5) is 4.79 Å². The van der Waals surface area contributed by atoms with E-state index in [4.69, 9.17) is 9.47 Å². The Hall–Kier alpha value is -2.30. The first-order valence-corrected chi connectivity index (χ1v) is 6.85. The van der Waals surface area contributed by atoms with Crippen molar-refractivity contribution in [1.29, 1.82) is 0 Å². The highest BCUT2D eigenvalue weighted by atomic mass is 16.6. The third-order valence-electron chi connectivity index (χ3n) is 3.45. The third kappa shape index (κ3) is 3.42. The van der Waals surface area contributed by atoms with Gasteiger partial charge in [-0.2, -0.15) is 0 Å². The Morgan fingerprint density at radius 3 is 2.62 bits per heavy atom. The molecule has 112 valence electrons. The Labute approximate surface area is 124 Å². The molecule has 1 fully saturated rings. The van der Waals surface area contributed by atoms with E-state index in [2.05, 4.69) is 0 Å². The van der Waals surface area contributed by atoms with Crippen molar-refractivity contribution in [2.75, 3.05) is 13.7 Å². The monoisotopic (exact) mass is 289 g/mol. The Kier molecular flexibility index (Phi) is 4.62. The molecule has 1 heterocycles. The molecule has 0 aliphatic carbocycles. The summed E-state index contributed by atoms with van der Waals surface area (Å²) in [6.45, 7) is 4.18. The molecular formula is C16H19NO4. The Morgan fingerprint density at radius 1 is 1.38 bits per heavy atom. The summed E-state index contributed by atoms with van der Waals surface area (Å²) < 4.78 is 10.0. The molecule has 1 aliphatic heterocycles. The largest absolute Gasteiger partial charge is 0.497 e. The fraction of sp³-hybridized carbons (Fsp3) is 0.375. The Morgan fingerprint density at radius 2 is 2.05 bits per heavy atom. The van der Waals surface area contributed by atoms with Gasteiger partial charge in [-0.1, -0.05) is 26.0 Å². The number of benzene rings is 1. The molecule has 0 aromatic heterocycles. The van der Waals surface area contributed by atoms with Crippen LogP contribution < -0.4 is 4.74 Å². The topological polar surface area (TPSA) is 55.8 Å². The van der Waals surface area contributed by atoms with Gasteiger partial charge in [0.1, 0.15) is 12.4 Å². The lowest BCUT2D eigenvalue weighted by atomic mass is 10.0. The Balaban J connectivity index is 2.08. The lowest BCUT2D eigenvalue weighted by Gasteiger charge is -2.20. The van der Waals surface area contributed by atoms with E-state index in [1.807, 2.05) is 38.1 Å². The van der Waals surface area contributed by atoms with E-state index in [9.17, 15) is 9.59 Å². The molecule has 0 radical (unpaired) electrons. The highest BCUT2D eigenvalue weighted by Gasteiger charge is 2.38. The van der Waals surface area contributed by atoms with Gasteiger partial charge in [0.2, 0.25) is 0 Å². The van der Waals surface area contributed by atoms with E-state index in [0.29, 0.717) is 0 Å². The minimum absolute atomic E-state index is 0.162. The minimum atomic E-state index is -0.571. The molecule has 5 heteroatoms. The first-order chi connectivity index (χ1) is 10.0. The van der Waals surface area contributed by atoms with E-state index in [0.717, 1.165) is 11.3 Å². The van der Waals surface area contributed by atoms with Crippen LogP contribution >= 0.6 is 0 Å². The summed E-state index contributed by atoms with van der Waals surface area (Å²) in [6, 6.07) is 7.09. The fourth-order valence-corrected chi connectivity index (χ4v) is 2.14. The number of carbonyl (C=O) groups excluding carboxylic acids is 2. The predicted octanol–water partition coefficient (Wildman–Crippen LogP) is 2.71. The van der Waals surface area contributed by atoms with Gasteiger partial charge in [-0.3, -0.25) is 4.79 Å². The summed E-state index contributed by atoms with van der Waals surface area (Å²) in [7, 11) is 1.60. The molecule has 0 spiro atoms. The van der Waals surface area contributed by atoms with Gasteiger partial charge < -0.3 is 9.47 Å². The maximum atomic E-state index is 12.2. The quantitative estimate of drug-likeness (QED) is 0.800. The number of methoxy groups -OCH3 is 1. The molecule has 0 unspecified atom stereocenters. The molecular weight excluding hydrogens is 270 g/mol. The number of amides is 2. The van der Waals surface area contributed by atoms with Crippen LogP contribution in [0.25, 0.3) is 6.08 Å². The van der Waals surface area contributed by atoms with Crippen LogP contribution in [0.3, 0.4) is 0 Å². The molecule has 2 rings (SSSR count). The van der Waals surface area contributed by atoms with E-state index < -0.39 is 6.09 Å². The highest BCUT2D eigenvalue weighted by Crippen LogP contribution is 2.20. The lowest BCUT2D eigenvalue weighted by molar-refractivity contribution is -0.124. The van der Waals surface area contributed by atoms with E-state index >= 15 is 0 Å². The standard InChI is InChI=1S/C16H19NO4/c1-11(2)14-10-21-16(19)17(14)15(18)9-6-12-4-7-13(20-3)8-5-12/h4-9,11,14H,10H2,1-3H3/b9-6+/t14-/m1/s1. The molecule has 1 aromatic rings. The van der Waals surface area contributed by atoms with E-state index in [1.54, 1.807) is 13.2 Å². The lowest BCUT2D eigenvalue weighted by Crippen LogP contribution is -2.40. The van der Waals surface area contributed by atoms with Gasteiger partial charge in [0.05, 0.1) is 13.2 Å². The van der Waals surface area contributed by atoms with Crippen molar-refractivity contribution in [3.63, 3.8) is 0 Å². The number of nitrogens with zero attached hydrogens (tertiary/aromatic N) is 1. The van der Waals surface area contributed by atoms with Crippen molar-refractivity contribution >= 4 is 18.1 Å². The molecule has 1 saturated heterocycles. The number of imide groups is 1. The van der Waals surface area contributed by atoms with Gasteiger partial charge in [-0.15, -0.1) is 0 Å². The second-order valence-corrected chi connectivity index (χ2v) is 5.20. The van der Waals surface area contributed by atoms with Crippen molar-refractivity contribution in [3.8, 4) is 5.75 Å². The van der Waals surface area contributed by atoms with Gasteiger partial charge in [-0.05, 0) is 29.7 Å². The van der Waals surface area contributed by atoms with Crippen LogP contribution in [-0.4, -0.2) is 36.7 Å². The van der Waals surface area contributed by atoms with Crippen molar-refractivity contribution in [1.82, 2.24) is 4.90 Å². The molecule has 2 amide bonds. The zero-order chi connectivity index (χ0) is 15.4. The number of ether oxygens (including phenoxy) is 2. The molecule has 1 aliphatic rings. The Bertz CT molecular complexity index is 548. The summed E-state index contributed by atoms with van der Waals surface area (Å²) in [5, 5.41) is 0. The smallest absolute Gasteiger partial charge is 0.417 e. The normalized spacial score (nSPS) is 18.4. The fourth-order valence-electron chi connectivity index (χ4n) is 2.14. The van der Waals surface area contributed by atoms with Crippen LogP contribution in [0.5, 0.6) is 5.75 Å². The molecule has 0 N–H and O–H groups in total. The van der Waals surface area contributed by atoms with Gasteiger partial charge in [0, 0.05) is 6.08 Å². The van der Waals surface area contributed by atoms with Crippen molar-refractivity contribution in [2.24, 2.45) is 5.92 Å². The SMILES string of the molecule is COc1ccc(/C=C/C(=O)N2C(=O)OC[C@@H]2C(C)C)cc1. The maximum Gasteiger partial charge on any atom is 0.417 e. The summed E-state index contributed by atoms with van der Waals surface area (Å²) in [5.41, 5.74) is 0.859. The number of cyclic esters (lactones) is 1. The number of hydrogen-bond acceptors (Lipinski definition) is 4. The summed E-state index contributed by atoms with van der Waals surface area (Å²) in [6.07, 6.45) is 2.49. The van der Waals surface area contributed by atoms with Crippen LogP contribution in [0.1, 0.15) is 19.4 Å². The summed E-state index contributed by atoms with van der Waals surface area (Å²) in [4.78, 5) is 25.0. The van der Waals surface area contributed by atoms with Crippen molar-refractivity contribution in [3.05, 3.63) is 35.9 Å². The van der Waals surface area contributed by atoms with Crippen LogP contribution in [0.2, 0.25) is 0 Å². The molecule has 0 saturated carbocycles. The molecule has 1 atom stereocenters. The van der Waals surface area contributed by atoms with Gasteiger partial charge >= 0.3 is 6.09 Å². The van der Waals surface area contributed by atoms with Crippen LogP contribution in [0.15, 0.2) is 30.3 Å². The number of rotatable bonds is 4. The second-order valence-electron chi connectivity index (χ2n) is 5.20.